The van der Waals surface area contributed by atoms with Crippen molar-refractivity contribution in [3.63, 3.8) is 0 Å². The zero-order valence-corrected chi connectivity index (χ0v) is 18.6. The maximum atomic E-state index is 4.48. The van der Waals surface area contributed by atoms with Crippen LogP contribution in [-0.2, 0) is 0 Å². The number of halogens is 1. The molecule has 0 aliphatic carbocycles. The Balaban J connectivity index is 0.00000312. The first-order valence-electron chi connectivity index (χ1n) is 9.32. The van der Waals surface area contributed by atoms with Gasteiger partial charge in [0.05, 0.1) is 0 Å². The van der Waals surface area contributed by atoms with Crippen LogP contribution in [0.25, 0.3) is 0 Å². The SMILES string of the molecule is CN=C(NCCCCN(C)C(C)C)N1CCC(c2ccccc2)C1.I. The number of guanidine groups is 1. The molecule has 1 N–H and O–H groups in total. The third-order valence-corrected chi connectivity index (χ3v) is 5.07. The lowest BCUT2D eigenvalue weighted by molar-refractivity contribution is 0.268. The largest absolute Gasteiger partial charge is 0.356 e. The number of rotatable bonds is 7. The third-order valence-electron chi connectivity index (χ3n) is 5.07. The summed E-state index contributed by atoms with van der Waals surface area (Å²) in [6, 6.07) is 11.5. The Morgan fingerprint density at radius 3 is 2.64 bits per heavy atom. The highest BCUT2D eigenvalue weighted by atomic mass is 127. The third kappa shape index (κ3) is 7.13. The van der Waals surface area contributed by atoms with Crippen LogP contribution in [0.2, 0.25) is 0 Å². The average Bonchev–Trinajstić information content (AvgIpc) is 3.08. The smallest absolute Gasteiger partial charge is 0.193 e. The Hall–Kier alpha value is -0.820. The van der Waals surface area contributed by atoms with Crippen molar-refractivity contribution in [2.45, 2.75) is 45.1 Å². The van der Waals surface area contributed by atoms with Gasteiger partial charge >= 0.3 is 0 Å². The fourth-order valence-electron chi connectivity index (χ4n) is 3.23. The van der Waals surface area contributed by atoms with Gasteiger partial charge < -0.3 is 15.1 Å². The lowest BCUT2D eigenvalue weighted by atomic mass is 9.99. The molecule has 2 rings (SSSR count). The molecular weight excluding hydrogens is 423 g/mol. The van der Waals surface area contributed by atoms with E-state index in [1.165, 1.54) is 24.8 Å². The lowest BCUT2D eigenvalue weighted by Gasteiger charge is -2.23. The minimum Gasteiger partial charge on any atom is -0.356 e. The minimum atomic E-state index is 0. The van der Waals surface area contributed by atoms with Gasteiger partial charge in [0.25, 0.3) is 0 Å². The highest BCUT2D eigenvalue weighted by Gasteiger charge is 2.25. The van der Waals surface area contributed by atoms with Crippen molar-refractivity contribution < 1.29 is 0 Å². The van der Waals surface area contributed by atoms with E-state index in [2.05, 4.69) is 71.3 Å². The lowest BCUT2D eigenvalue weighted by Crippen LogP contribution is -2.40. The Morgan fingerprint density at radius 1 is 1.28 bits per heavy atom. The van der Waals surface area contributed by atoms with Gasteiger partial charge in [-0.3, -0.25) is 4.99 Å². The van der Waals surface area contributed by atoms with Crippen molar-refractivity contribution in [2.75, 3.05) is 40.3 Å². The molecule has 25 heavy (non-hydrogen) atoms. The molecule has 1 heterocycles. The molecule has 1 aliphatic heterocycles. The van der Waals surface area contributed by atoms with E-state index >= 15 is 0 Å². The monoisotopic (exact) mass is 458 g/mol. The van der Waals surface area contributed by atoms with Gasteiger partial charge in [-0.1, -0.05) is 30.3 Å². The minimum absolute atomic E-state index is 0. The molecule has 0 radical (unpaired) electrons. The Kier molecular flexibility index (Phi) is 10.4. The van der Waals surface area contributed by atoms with Crippen molar-refractivity contribution in [2.24, 2.45) is 4.99 Å². The number of nitrogens with zero attached hydrogens (tertiary/aromatic N) is 3. The van der Waals surface area contributed by atoms with Gasteiger partial charge in [0.2, 0.25) is 0 Å². The zero-order valence-electron chi connectivity index (χ0n) is 16.2. The first kappa shape index (κ1) is 22.2. The van der Waals surface area contributed by atoms with Crippen LogP contribution in [0.5, 0.6) is 0 Å². The standard InChI is InChI=1S/C20H34N4.HI/c1-17(2)23(4)14-9-8-13-22-20(21-3)24-15-12-19(16-24)18-10-6-5-7-11-18;/h5-7,10-11,17,19H,8-9,12-16H2,1-4H3,(H,21,22);1H. The molecule has 1 saturated heterocycles. The van der Waals surface area contributed by atoms with Crippen LogP contribution < -0.4 is 5.32 Å². The van der Waals surface area contributed by atoms with E-state index in [4.69, 9.17) is 0 Å². The first-order valence-corrected chi connectivity index (χ1v) is 9.32. The van der Waals surface area contributed by atoms with Gasteiger partial charge in [0.1, 0.15) is 0 Å². The Bertz CT molecular complexity index is 504. The molecule has 0 aromatic heterocycles. The number of benzene rings is 1. The average molecular weight is 458 g/mol. The predicted octanol–water partition coefficient (Wildman–Crippen LogP) is 3.79. The molecule has 1 aromatic rings. The van der Waals surface area contributed by atoms with Gasteiger partial charge in [-0.15, -0.1) is 24.0 Å². The highest BCUT2D eigenvalue weighted by molar-refractivity contribution is 14.0. The van der Waals surface area contributed by atoms with Gasteiger partial charge in [0, 0.05) is 38.6 Å². The first-order chi connectivity index (χ1) is 11.6. The second-order valence-corrected chi connectivity index (χ2v) is 7.10. The number of aliphatic imine (C=N–C) groups is 1. The van der Waals surface area contributed by atoms with Gasteiger partial charge in [-0.2, -0.15) is 0 Å². The van der Waals surface area contributed by atoms with Crippen LogP contribution >= 0.6 is 24.0 Å². The summed E-state index contributed by atoms with van der Waals surface area (Å²) in [5.74, 6) is 1.69. The molecular formula is C20H35IN4. The summed E-state index contributed by atoms with van der Waals surface area (Å²) in [5.41, 5.74) is 1.45. The van der Waals surface area contributed by atoms with Gasteiger partial charge in [-0.05, 0) is 52.3 Å². The van der Waals surface area contributed by atoms with E-state index < -0.39 is 0 Å². The molecule has 5 heteroatoms. The second-order valence-electron chi connectivity index (χ2n) is 7.10. The van der Waals surface area contributed by atoms with Gasteiger partial charge in [0.15, 0.2) is 5.96 Å². The fraction of sp³-hybridized carbons (Fsp3) is 0.650. The molecule has 1 fully saturated rings. The second kappa shape index (κ2) is 11.7. The molecule has 0 spiro atoms. The summed E-state index contributed by atoms with van der Waals surface area (Å²) in [6.45, 7) is 8.82. The Morgan fingerprint density at radius 2 is 2.00 bits per heavy atom. The summed E-state index contributed by atoms with van der Waals surface area (Å²) in [5, 5.41) is 3.54. The summed E-state index contributed by atoms with van der Waals surface area (Å²) in [4.78, 5) is 9.28. The van der Waals surface area contributed by atoms with E-state index in [9.17, 15) is 0 Å². The van der Waals surface area contributed by atoms with Crippen LogP contribution in [0, 0.1) is 0 Å². The number of hydrogen-bond acceptors (Lipinski definition) is 2. The fourth-order valence-corrected chi connectivity index (χ4v) is 3.23. The maximum absolute atomic E-state index is 4.48. The van der Waals surface area contributed by atoms with E-state index in [-0.39, 0.29) is 24.0 Å². The summed E-state index contributed by atoms with van der Waals surface area (Å²) >= 11 is 0. The number of unbranched alkanes of at least 4 members (excludes halogenated alkanes) is 1. The van der Waals surface area contributed by atoms with Crippen LogP contribution in [0.15, 0.2) is 35.3 Å². The van der Waals surface area contributed by atoms with E-state index in [0.717, 1.165) is 32.1 Å². The quantitative estimate of drug-likeness (QED) is 0.292. The van der Waals surface area contributed by atoms with E-state index in [1.807, 2.05) is 7.05 Å². The van der Waals surface area contributed by atoms with Crippen molar-refractivity contribution in [1.29, 1.82) is 0 Å². The predicted molar refractivity (Wildman–Crippen MR) is 119 cm³/mol. The summed E-state index contributed by atoms with van der Waals surface area (Å²) in [6.07, 6.45) is 3.63. The van der Waals surface area contributed by atoms with Crippen molar-refractivity contribution >= 4 is 29.9 Å². The van der Waals surface area contributed by atoms with Crippen LogP contribution in [-0.4, -0.2) is 62.1 Å². The summed E-state index contributed by atoms with van der Waals surface area (Å²) < 4.78 is 0. The van der Waals surface area contributed by atoms with Crippen molar-refractivity contribution in [3.05, 3.63) is 35.9 Å². The molecule has 4 nitrogen and oxygen atoms in total. The van der Waals surface area contributed by atoms with E-state index in [0.29, 0.717) is 12.0 Å². The van der Waals surface area contributed by atoms with Crippen LogP contribution in [0.1, 0.15) is 44.6 Å². The molecule has 1 aliphatic rings. The number of hydrogen-bond donors (Lipinski definition) is 1. The normalized spacial score (nSPS) is 17.9. The highest BCUT2D eigenvalue weighted by Crippen LogP contribution is 2.26. The van der Waals surface area contributed by atoms with Crippen molar-refractivity contribution in [1.82, 2.24) is 15.1 Å². The molecule has 1 atom stereocenters. The number of likely N-dealkylation sites (tertiary alicyclic amines) is 1. The molecule has 1 aromatic carbocycles. The number of nitrogens with one attached hydrogen (secondary N) is 1. The molecule has 1 unspecified atom stereocenters. The van der Waals surface area contributed by atoms with Crippen molar-refractivity contribution in [3.8, 4) is 0 Å². The zero-order chi connectivity index (χ0) is 17.4. The Labute approximate surface area is 171 Å². The topological polar surface area (TPSA) is 30.9 Å². The van der Waals surface area contributed by atoms with Crippen LogP contribution in [0.4, 0.5) is 0 Å². The summed E-state index contributed by atoms with van der Waals surface area (Å²) in [7, 11) is 4.09. The maximum Gasteiger partial charge on any atom is 0.193 e. The van der Waals surface area contributed by atoms with E-state index in [1.54, 1.807) is 0 Å². The molecule has 0 bridgehead atoms. The van der Waals surface area contributed by atoms with Crippen LogP contribution in [0.3, 0.4) is 0 Å². The molecule has 142 valence electrons. The molecule has 0 amide bonds. The molecule has 0 saturated carbocycles. The van der Waals surface area contributed by atoms with Gasteiger partial charge in [-0.25, -0.2) is 0 Å².